The minimum absolute atomic E-state index is 0.0985. The summed E-state index contributed by atoms with van der Waals surface area (Å²) < 4.78 is 0. The van der Waals surface area contributed by atoms with Crippen LogP contribution in [0.4, 0.5) is 0 Å². The fourth-order valence-electron chi connectivity index (χ4n) is 2.48. The molecule has 0 aromatic carbocycles. The van der Waals surface area contributed by atoms with Crippen molar-refractivity contribution in [3.8, 4) is 6.07 Å². The van der Waals surface area contributed by atoms with Crippen molar-refractivity contribution in [2.45, 2.75) is 38.2 Å². The highest BCUT2D eigenvalue weighted by molar-refractivity contribution is 8.00. The van der Waals surface area contributed by atoms with E-state index in [-0.39, 0.29) is 11.8 Å². The Hall–Kier alpha value is -0.730. The van der Waals surface area contributed by atoms with Gasteiger partial charge >= 0.3 is 0 Å². The Labute approximate surface area is 121 Å². The van der Waals surface area contributed by atoms with Gasteiger partial charge < -0.3 is 4.90 Å². The lowest BCUT2D eigenvalue weighted by Gasteiger charge is -2.35. The highest BCUT2D eigenvalue weighted by atomic mass is 32.2. The number of rotatable bonds is 5. The SMILES string of the molecule is CCN(C[C@H](C)C#N)C(=O)CN1C[C@@H](C)S[C@@H](C)C1. The molecule has 0 aromatic heterocycles. The number of hydrogen-bond donors (Lipinski definition) is 0. The van der Waals surface area contributed by atoms with E-state index >= 15 is 0 Å². The van der Waals surface area contributed by atoms with Gasteiger partial charge in [0.1, 0.15) is 0 Å². The van der Waals surface area contributed by atoms with Gasteiger partial charge in [0.05, 0.1) is 18.5 Å². The fraction of sp³-hybridized carbons (Fsp3) is 0.857. The lowest BCUT2D eigenvalue weighted by Crippen LogP contribution is -2.47. The summed E-state index contributed by atoms with van der Waals surface area (Å²) >= 11 is 1.99. The average molecular weight is 283 g/mol. The summed E-state index contributed by atoms with van der Waals surface area (Å²) in [5, 5.41) is 10.0. The van der Waals surface area contributed by atoms with E-state index < -0.39 is 0 Å². The summed E-state index contributed by atoms with van der Waals surface area (Å²) in [4.78, 5) is 16.3. The molecule has 0 aromatic rings. The lowest BCUT2D eigenvalue weighted by atomic mass is 10.2. The molecule has 4 nitrogen and oxygen atoms in total. The van der Waals surface area contributed by atoms with Crippen LogP contribution in [0.1, 0.15) is 27.7 Å². The molecule has 0 saturated carbocycles. The van der Waals surface area contributed by atoms with E-state index in [4.69, 9.17) is 5.26 Å². The topological polar surface area (TPSA) is 47.3 Å². The zero-order chi connectivity index (χ0) is 14.4. The third-order valence-electron chi connectivity index (χ3n) is 3.30. The Morgan fingerprint density at radius 3 is 2.53 bits per heavy atom. The van der Waals surface area contributed by atoms with Crippen molar-refractivity contribution in [1.29, 1.82) is 5.26 Å². The maximum Gasteiger partial charge on any atom is 0.236 e. The van der Waals surface area contributed by atoms with Crippen LogP contribution in [0.2, 0.25) is 0 Å². The second-order valence-corrected chi connectivity index (χ2v) is 7.30. The van der Waals surface area contributed by atoms with E-state index in [2.05, 4.69) is 24.8 Å². The highest BCUT2D eigenvalue weighted by Crippen LogP contribution is 2.24. The van der Waals surface area contributed by atoms with Gasteiger partial charge in [-0.05, 0) is 13.8 Å². The van der Waals surface area contributed by atoms with Crippen molar-refractivity contribution < 1.29 is 4.79 Å². The minimum Gasteiger partial charge on any atom is -0.341 e. The molecule has 1 aliphatic heterocycles. The Bertz CT molecular complexity index is 332. The van der Waals surface area contributed by atoms with Crippen LogP contribution in [0.25, 0.3) is 0 Å². The molecule has 108 valence electrons. The van der Waals surface area contributed by atoms with Gasteiger partial charge in [0.25, 0.3) is 0 Å². The molecule has 0 radical (unpaired) electrons. The van der Waals surface area contributed by atoms with E-state index in [1.807, 2.05) is 25.6 Å². The molecule has 1 aliphatic rings. The molecule has 0 spiro atoms. The van der Waals surface area contributed by atoms with E-state index in [1.54, 1.807) is 4.90 Å². The van der Waals surface area contributed by atoms with Gasteiger partial charge in [-0.1, -0.05) is 13.8 Å². The molecule has 3 atom stereocenters. The maximum atomic E-state index is 12.3. The summed E-state index contributed by atoms with van der Waals surface area (Å²) in [5.74, 6) is 0.0505. The van der Waals surface area contributed by atoms with Gasteiger partial charge in [-0.25, -0.2) is 0 Å². The first kappa shape index (κ1) is 16.3. The molecule has 0 aliphatic carbocycles. The molecule has 1 fully saturated rings. The second kappa shape index (κ2) is 7.76. The van der Waals surface area contributed by atoms with Crippen molar-refractivity contribution in [2.75, 3.05) is 32.7 Å². The molecule has 5 heteroatoms. The minimum atomic E-state index is -0.0985. The van der Waals surface area contributed by atoms with Crippen molar-refractivity contribution in [3.63, 3.8) is 0 Å². The first-order valence-electron chi connectivity index (χ1n) is 7.01. The molecule has 1 rings (SSSR count). The molecular formula is C14H25N3OS. The predicted octanol–water partition coefficient (Wildman–Crippen LogP) is 1.82. The normalized spacial score (nSPS) is 25.6. The summed E-state index contributed by atoms with van der Waals surface area (Å²) in [6.45, 7) is 11.9. The Morgan fingerprint density at radius 2 is 2.05 bits per heavy atom. The second-order valence-electron chi connectivity index (χ2n) is 5.41. The lowest BCUT2D eigenvalue weighted by molar-refractivity contribution is -0.132. The molecule has 1 heterocycles. The monoisotopic (exact) mass is 283 g/mol. The van der Waals surface area contributed by atoms with Gasteiger partial charge in [-0.15, -0.1) is 0 Å². The van der Waals surface area contributed by atoms with Crippen LogP contribution in [0.15, 0.2) is 0 Å². The number of nitriles is 1. The fourth-order valence-corrected chi connectivity index (χ4v) is 3.87. The average Bonchev–Trinajstić information content (AvgIpc) is 2.34. The van der Waals surface area contributed by atoms with Crippen LogP contribution in [0.3, 0.4) is 0 Å². The Kier molecular flexibility index (Phi) is 6.67. The van der Waals surface area contributed by atoms with Gasteiger partial charge in [-0.3, -0.25) is 9.69 Å². The number of likely N-dealkylation sites (N-methyl/N-ethyl adjacent to an activating group) is 1. The number of hydrogen-bond acceptors (Lipinski definition) is 4. The number of carbonyl (C=O) groups excluding carboxylic acids is 1. The van der Waals surface area contributed by atoms with E-state index in [1.165, 1.54) is 0 Å². The number of amides is 1. The standard InChI is InChI=1S/C14H25N3OS/c1-5-17(7-11(2)6-15)14(18)10-16-8-12(3)19-13(4)9-16/h11-13H,5,7-10H2,1-4H3/t11-,12-,13+/m1/s1. The summed E-state index contributed by atoms with van der Waals surface area (Å²) in [7, 11) is 0. The van der Waals surface area contributed by atoms with E-state index in [0.29, 0.717) is 30.1 Å². The zero-order valence-corrected chi connectivity index (χ0v) is 13.2. The molecule has 0 N–H and O–H groups in total. The summed E-state index contributed by atoms with van der Waals surface area (Å²) in [5.41, 5.74) is 0. The third kappa shape index (κ3) is 5.42. The van der Waals surface area contributed by atoms with Crippen molar-refractivity contribution in [1.82, 2.24) is 9.80 Å². The molecule has 0 bridgehead atoms. The van der Waals surface area contributed by atoms with E-state index in [0.717, 1.165) is 13.1 Å². The number of carbonyl (C=O) groups is 1. The van der Waals surface area contributed by atoms with Gasteiger partial charge in [0.2, 0.25) is 5.91 Å². The molecule has 1 saturated heterocycles. The van der Waals surface area contributed by atoms with Crippen LogP contribution in [-0.2, 0) is 4.79 Å². The van der Waals surface area contributed by atoms with Crippen LogP contribution in [-0.4, -0.2) is 58.9 Å². The van der Waals surface area contributed by atoms with Gasteiger partial charge in [0.15, 0.2) is 0 Å². The number of thioether (sulfide) groups is 1. The zero-order valence-electron chi connectivity index (χ0n) is 12.4. The molecule has 1 amide bonds. The summed E-state index contributed by atoms with van der Waals surface area (Å²) in [6, 6.07) is 2.19. The molecular weight excluding hydrogens is 258 g/mol. The summed E-state index contributed by atoms with van der Waals surface area (Å²) in [6.07, 6.45) is 0. The smallest absolute Gasteiger partial charge is 0.236 e. The molecule has 19 heavy (non-hydrogen) atoms. The highest BCUT2D eigenvalue weighted by Gasteiger charge is 2.25. The maximum absolute atomic E-state index is 12.3. The van der Waals surface area contributed by atoms with Crippen LogP contribution < -0.4 is 0 Å². The van der Waals surface area contributed by atoms with Crippen LogP contribution >= 0.6 is 11.8 Å². The van der Waals surface area contributed by atoms with Gasteiger partial charge in [-0.2, -0.15) is 17.0 Å². The Balaban J connectivity index is 2.50. The Morgan fingerprint density at radius 1 is 1.47 bits per heavy atom. The third-order valence-corrected chi connectivity index (χ3v) is 4.53. The first-order valence-corrected chi connectivity index (χ1v) is 7.95. The van der Waals surface area contributed by atoms with Crippen LogP contribution in [0, 0.1) is 17.2 Å². The predicted molar refractivity (Wildman–Crippen MR) is 80.0 cm³/mol. The van der Waals surface area contributed by atoms with Crippen LogP contribution in [0.5, 0.6) is 0 Å². The number of nitrogens with zero attached hydrogens (tertiary/aromatic N) is 3. The van der Waals surface area contributed by atoms with Crippen molar-refractivity contribution >= 4 is 17.7 Å². The van der Waals surface area contributed by atoms with E-state index in [9.17, 15) is 4.79 Å². The quantitative estimate of drug-likeness (QED) is 0.772. The van der Waals surface area contributed by atoms with Crippen molar-refractivity contribution in [3.05, 3.63) is 0 Å². The molecule has 0 unspecified atom stereocenters. The first-order chi connectivity index (χ1) is 8.96. The van der Waals surface area contributed by atoms with Crippen molar-refractivity contribution in [2.24, 2.45) is 5.92 Å². The van der Waals surface area contributed by atoms with Gasteiger partial charge in [0, 0.05) is 36.7 Å². The largest absolute Gasteiger partial charge is 0.341 e.